The summed E-state index contributed by atoms with van der Waals surface area (Å²) < 4.78 is 13.8. The Bertz CT molecular complexity index is 629. The molecule has 2 aromatic rings. The van der Waals surface area contributed by atoms with Crippen LogP contribution >= 0.6 is 23.2 Å². The number of rotatable bonds is 3. The first-order valence-corrected chi connectivity index (χ1v) is 6.63. The van der Waals surface area contributed by atoms with Gasteiger partial charge in [0.15, 0.2) is 5.82 Å². The van der Waals surface area contributed by atoms with Gasteiger partial charge in [0.05, 0.1) is 11.8 Å². The maximum atomic E-state index is 13.8. The van der Waals surface area contributed by atoms with Crippen molar-refractivity contribution in [2.75, 3.05) is 5.32 Å². The standard InChI is InChI=1S/C13H10Cl2FN3/c14-7-1-4-9(11(16)5-7)12-17-6-10(15)13(19-12)18-8-2-3-8/h1,4-6,8H,2-3H2,(H,17,18,19). The minimum Gasteiger partial charge on any atom is -0.366 e. The first-order chi connectivity index (χ1) is 9.13. The second-order valence-electron chi connectivity index (χ2n) is 4.43. The van der Waals surface area contributed by atoms with Gasteiger partial charge in [0.1, 0.15) is 16.7 Å². The van der Waals surface area contributed by atoms with Crippen LogP contribution in [0, 0.1) is 5.82 Å². The Morgan fingerprint density at radius 2 is 2.05 bits per heavy atom. The van der Waals surface area contributed by atoms with Crippen molar-refractivity contribution < 1.29 is 4.39 Å². The van der Waals surface area contributed by atoms with E-state index in [1.807, 2.05) is 0 Å². The molecule has 0 aliphatic heterocycles. The van der Waals surface area contributed by atoms with Gasteiger partial charge in [-0.25, -0.2) is 14.4 Å². The zero-order valence-electron chi connectivity index (χ0n) is 9.83. The molecule has 1 N–H and O–H groups in total. The normalized spacial score (nSPS) is 14.5. The highest BCUT2D eigenvalue weighted by atomic mass is 35.5. The third-order valence-corrected chi connectivity index (χ3v) is 3.35. The minimum atomic E-state index is -0.452. The minimum absolute atomic E-state index is 0.293. The Morgan fingerprint density at radius 1 is 1.26 bits per heavy atom. The van der Waals surface area contributed by atoms with Crippen molar-refractivity contribution in [2.45, 2.75) is 18.9 Å². The lowest BCUT2D eigenvalue weighted by molar-refractivity contribution is 0.630. The summed E-state index contributed by atoms with van der Waals surface area (Å²) in [6.07, 6.45) is 3.68. The number of aromatic nitrogens is 2. The molecule has 1 heterocycles. The van der Waals surface area contributed by atoms with Gasteiger partial charge in [-0.3, -0.25) is 0 Å². The molecule has 0 atom stereocenters. The number of hydrogen-bond acceptors (Lipinski definition) is 3. The number of hydrogen-bond donors (Lipinski definition) is 1. The fourth-order valence-corrected chi connectivity index (χ4v) is 1.99. The highest BCUT2D eigenvalue weighted by Crippen LogP contribution is 2.30. The quantitative estimate of drug-likeness (QED) is 0.924. The van der Waals surface area contributed by atoms with E-state index in [1.165, 1.54) is 12.3 Å². The lowest BCUT2D eigenvalue weighted by atomic mass is 10.2. The van der Waals surface area contributed by atoms with E-state index in [9.17, 15) is 4.39 Å². The molecule has 1 saturated carbocycles. The molecular formula is C13H10Cl2FN3. The number of anilines is 1. The summed E-state index contributed by atoms with van der Waals surface area (Å²) >= 11 is 11.7. The highest BCUT2D eigenvalue weighted by molar-refractivity contribution is 6.32. The summed E-state index contributed by atoms with van der Waals surface area (Å²) in [6.45, 7) is 0. The summed E-state index contributed by atoms with van der Waals surface area (Å²) in [5.74, 6) is 0.387. The molecular weight excluding hydrogens is 288 g/mol. The molecule has 98 valence electrons. The van der Waals surface area contributed by atoms with Crippen LogP contribution in [0.25, 0.3) is 11.4 Å². The third-order valence-electron chi connectivity index (χ3n) is 2.83. The summed E-state index contributed by atoms with van der Waals surface area (Å²) in [6, 6.07) is 4.81. The first-order valence-electron chi connectivity index (χ1n) is 5.88. The van der Waals surface area contributed by atoms with Gasteiger partial charge in [-0.05, 0) is 31.0 Å². The van der Waals surface area contributed by atoms with Crippen molar-refractivity contribution in [3.8, 4) is 11.4 Å². The Morgan fingerprint density at radius 3 is 2.74 bits per heavy atom. The van der Waals surface area contributed by atoms with Gasteiger partial charge in [0, 0.05) is 11.1 Å². The van der Waals surface area contributed by atoms with Crippen LogP contribution in [0.2, 0.25) is 10.0 Å². The number of halogens is 3. The number of benzene rings is 1. The van der Waals surface area contributed by atoms with E-state index in [-0.39, 0.29) is 0 Å². The topological polar surface area (TPSA) is 37.8 Å². The Hall–Kier alpha value is -1.39. The predicted molar refractivity (Wildman–Crippen MR) is 74.1 cm³/mol. The van der Waals surface area contributed by atoms with Crippen LogP contribution < -0.4 is 5.32 Å². The van der Waals surface area contributed by atoms with Crippen LogP contribution in [0.5, 0.6) is 0 Å². The second kappa shape index (κ2) is 4.94. The van der Waals surface area contributed by atoms with Gasteiger partial charge in [-0.1, -0.05) is 23.2 Å². The maximum absolute atomic E-state index is 13.8. The SMILES string of the molecule is Fc1cc(Cl)ccc1-c1ncc(Cl)c(NC2CC2)n1. The molecule has 0 bridgehead atoms. The molecule has 6 heteroatoms. The zero-order chi connectivity index (χ0) is 13.4. The van der Waals surface area contributed by atoms with Gasteiger partial charge in [0.2, 0.25) is 0 Å². The van der Waals surface area contributed by atoms with Gasteiger partial charge >= 0.3 is 0 Å². The van der Waals surface area contributed by atoms with Crippen LogP contribution in [-0.4, -0.2) is 16.0 Å². The Kier molecular flexibility index (Phi) is 3.29. The smallest absolute Gasteiger partial charge is 0.164 e. The van der Waals surface area contributed by atoms with Crippen LogP contribution in [-0.2, 0) is 0 Å². The molecule has 1 aromatic heterocycles. The van der Waals surface area contributed by atoms with Gasteiger partial charge in [-0.2, -0.15) is 0 Å². The number of nitrogens with one attached hydrogen (secondary N) is 1. The molecule has 3 rings (SSSR count). The van der Waals surface area contributed by atoms with Crippen LogP contribution in [0.1, 0.15) is 12.8 Å². The Labute approximate surface area is 119 Å². The van der Waals surface area contributed by atoms with E-state index in [0.29, 0.717) is 33.3 Å². The lowest BCUT2D eigenvalue weighted by Crippen LogP contribution is -2.05. The molecule has 0 unspecified atom stereocenters. The van der Waals surface area contributed by atoms with E-state index in [1.54, 1.807) is 12.1 Å². The zero-order valence-corrected chi connectivity index (χ0v) is 11.3. The van der Waals surface area contributed by atoms with Gasteiger partial charge in [-0.15, -0.1) is 0 Å². The average molecular weight is 298 g/mol. The summed E-state index contributed by atoms with van der Waals surface area (Å²) in [5.41, 5.74) is 0.305. The predicted octanol–water partition coefficient (Wildman–Crippen LogP) is 4.16. The van der Waals surface area contributed by atoms with Gasteiger partial charge in [0.25, 0.3) is 0 Å². The van der Waals surface area contributed by atoms with Crippen molar-refractivity contribution in [2.24, 2.45) is 0 Å². The second-order valence-corrected chi connectivity index (χ2v) is 5.28. The number of nitrogens with zero attached hydrogens (tertiary/aromatic N) is 2. The Balaban J connectivity index is 1.99. The van der Waals surface area contributed by atoms with E-state index in [0.717, 1.165) is 12.8 Å². The molecule has 0 spiro atoms. The largest absolute Gasteiger partial charge is 0.366 e. The molecule has 3 nitrogen and oxygen atoms in total. The molecule has 1 aliphatic rings. The molecule has 0 radical (unpaired) electrons. The maximum Gasteiger partial charge on any atom is 0.164 e. The summed E-state index contributed by atoms with van der Waals surface area (Å²) in [5, 5.41) is 3.97. The van der Waals surface area contributed by atoms with Crippen LogP contribution in [0.4, 0.5) is 10.2 Å². The first kappa shape index (κ1) is 12.6. The summed E-state index contributed by atoms with van der Waals surface area (Å²) in [4.78, 5) is 8.34. The van der Waals surface area contributed by atoms with Crippen LogP contribution in [0.15, 0.2) is 24.4 Å². The van der Waals surface area contributed by atoms with E-state index in [4.69, 9.17) is 23.2 Å². The molecule has 19 heavy (non-hydrogen) atoms. The van der Waals surface area contributed by atoms with E-state index >= 15 is 0 Å². The lowest BCUT2D eigenvalue weighted by Gasteiger charge is -2.08. The molecule has 1 aromatic carbocycles. The van der Waals surface area contributed by atoms with Gasteiger partial charge < -0.3 is 5.32 Å². The van der Waals surface area contributed by atoms with Crippen molar-refractivity contribution >= 4 is 29.0 Å². The van der Waals surface area contributed by atoms with E-state index in [2.05, 4.69) is 15.3 Å². The molecule has 0 amide bonds. The van der Waals surface area contributed by atoms with Crippen molar-refractivity contribution in [3.05, 3.63) is 40.3 Å². The average Bonchev–Trinajstić information content (AvgIpc) is 3.16. The fraction of sp³-hybridized carbons (Fsp3) is 0.231. The van der Waals surface area contributed by atoms with E-state index < -0.39 is 5.82 Å². The van der Waals surface area contributed by atoms with Crippen molar-refractivity contribution in [3.63, 3.8) is 0 Å². The summed E-state index contributed by atoms with van der Waals surface area (Å²) in [7, 11) is 0. The van der Waals surface area contributed by atoms with Crippen LogP contribution in [0.3, 0.4) is 0 Å². The third kappa shape index (κ3) is 2.80. The molecule has 0 saturated heterocycles. The monoisotopic (exact) mass is 297 g/mol. The van der Waals surface area contributed by atoms with Crippen molar-refractivity contribution in [1.29, 1.82) is 0 Å². The van der Waals surface area contributed by atoms with Crippen molar-refractivity contribution in [1.82, 2.24) is 9.97 Å². The fourth-order valence-electron chi connectivity index (χ4n) is 1.69. The highest BCUT2D eigenvalue weighted by Gasteiger charge is 2.23. The molecule has 1 fully saturated rings. The molecule has 1 aliphatic carbocycles.